The highest BCUT2D eigenvalue weighted by Gasteiger charge is 2.52. The standard InChI is InChI=1S/C17H17F3O3/c18-17(19,20)12-6-4-11(5-7-12)15-16(8-2-1-3-9-16)13(21)10-14(22)23-15/h4-7,15H,1-3,8-10H2. The summed E-state index contributed by atoms with van der Waals surface area (Å²) in [6, 6.07) is 4.57. The highest BCUT2D eigenvalue weighted by molar-refractivity contribution is 6.01. The van der Waals surface area contributed by atoms with Gasteiger partial charge in [0.15, 0.2) is 5.78 Å². The molecule has 6 heteroatoms. The molecular formula is C17H17F3O3. The number of benzene rings is 1. The first-order valence-corrected chi connectivity index (χ1v) is 7.73. The smallest absolute Gasteiger partial charge is 0.416 e. The Hall–Kier alpha value is -1.85. The van der Waals surface area contributed by atoms with Gasteiger partial charge >= 0.3 is 12.1 Å². The van der Waals surface area contributed by atoms with Gasteiger partial charge in [0.25, 0.3) is 0 Å². The third kappa shape index (κ3) is 2.86. The predicted octanol–water partition coefficient (Wildman–Crippen LogP) is 4.21. The maximum absolute atomic E-state index is 12.7. The molecule has 0 N–H and O–H groups in total. The molecule has 0 bridgehead atoms. The lowest BCUT2D eigenvalue weighted by molar-refractivity contribution is -0.176. The van der Waals surface area contributed by atoms with Gasteiger partial charge < -0.3 is 4.74 Å². The van der Waals surface area contributed by atoms with Gasteiger partial charge in [-0.2, -0.15) is 13.2 Å². The lowest BCUT2D eigenvalue weighted by Gasteiger charge is -2.44. The van der Waals surface area contributed by atoms with E-state index in [2.05, 4.69) is 0 Å². The van der Waals surface area contributed by atoms with Crippen molar-refractivity contribution in [3.8, 4) is 0 Å². The molecule has 124 valence electrons. The van der Waals surface area contributed by atoms with Crippen LogP contribution in [0.4, 0.5) is 13.2 Å². The van der Waals surface area contributed by atoms with Gasteiger partial charge in [0, 0.05) is 0 Å². The van der Waals surface area contributed by atoms with Gasteiger partial charge in [0.2, 0.25) is 0 Å². The van der Waals surface area contributed by atoms with Gasteiger partial charge in [-0.1, -0.05) is 31.4 Å². The number of ether oxygens (including phenoxy) is 1. The van der Waals surface area contributed by atoms with Crippen LogP contribution in [0.15, 0.2) is 24.3 Å². The van der Waals surface area contributed by atoms with Crippen LogP contribution in [0.25, 0.3) is 0 Å². The van der Waals surface area contributed by atoms with Crippen LogP contribution < -0.4 is 0 Å². The zero-order valence-corrected chi connectivity index (χ0v) is 12.5. The highest BCUT2D eigenvalue weighted by Crippen LogP contribution is 2.51. The Balaban J connectivity index is 1.97. The number of hydrogen-bond acceptors (Lipinski definition) is 3. The van der Waals surface area contributed by atoms with Gasteiger partial charge in [-0.15, -0.1) is 0 Å². The molecule has 1 saturated heterocycles. The van der Waals surface area contributed by atoms with E-state index in [0.717, 1.165) is 31.4 Å². The molecule has 0 aromatic heterocycles. The fraction of sp³-hybridized carbons (Fsp3) is 0.529. The molecule has 1 aromatic carbocycles. The molecule has 0 radical (unpaired) electrons. The van der Waals surface area contributed by atoms with Crippen LogP contribution in [0.5, 0.6) is 0 Å². The van der Waals surface area contributed by atoms with Gasteiger partial charge in [0.05, 0.1) is 11.0 Å². The van der Waals surface area contributed by atoms with Gasteiger partial charge in [-0.05, 0) is 30.5 Å². The minimum atomic E-state index is -4.42. The van der Waals surface area contributed by atoms with E-state index in [1.165, 1.54) is 12.1 Å². The number of rotatable bonds is 1. The second-order valence-corrected chi connectivity index (χ2v) is 6.31. The van der Waals surface area contributed by atoms with Crippen molar-refractivity contribution in [1.82, 2.24) is 0 Å². The molecule has 1 unspecified atom stereocenters. The van der Waals surface area contributed by atoms with E-state index in [1.54, 1.807) is 0 Å². The Labute approximate surface area is 131 Å². The molecule has 3 nitrogen and oxygen atoms in total. The maximum atomic E-state index is 12.7. The number of carbonyl (C=O) groups excluding carboxylic acids is 2. The minimum absolute atomic E-state index is 0.140. The monoisotopic (exact) mass is 326 g/mol. The largest absolute Gasteiger partial charge is 0.456 e. The number of cyclic esters (lactones) is 1. The number of Topliss-reactive ketones (excluding diaryl/α,β-unsaturated/α-hetero) is 1. The average Bonchev–Trinajstić information content (AvgIpc) is 2.51. The van der Waals surface area contributed by atoms with Crippen molar-refractivity contribution in [2.45, 2.75) is 50.8 Å². The number of esters is 1. The first kappa shape index (κ1) is 16.0. The van der Waals surface area contributed by atoms with Crippen molar-refractivity contribution in [3.63, 3.8) is 0 Å². The van der Waals surface area contributed by atoms with Crippen molar-refractivity contribution in [1.29, 1.82) is 0 Å². The molecule has 1 saturated carbocycles. The Kier molecular flexibility index (Phi) is 3.94. The number of carbonyl (C=O) groups is 2. The van der Waals surface area contributed by atoms with Crippen LogP contribution in [0.3, 0.4) is 0 Å². The van der Waals surface area contributed by atoms with E-state index in [0.29, 0.717) is 18.4 Å². The summed E-state index contributed by atoms with van der Waals surface area (Å²) in [5.74, 6) is -0.741. The molecule has 1 aliphatic heterocycles. The summed E-state index contributed by atoms with van der Waals surface area (Å²) in [4.78, 5) is 24.2. The molecule has 0 amide bonds. The van der Waals surface area contributed by atoms with Crippen LogP contribution in [0.2, 0.25) is 0 Å². The number of halogens is 3. The topological polar surface area (TPSA) is 43.4 Å². The lowest BCUT2D eigenvalue weighted by Crippen LogP contribution is -2.46. The molecule has 1 atom stereocenters. The normalized spacial score (nSPS) is 24.6. The van der Waals surface area contributed by atoms with Gasteiger partial charge in [0.1, 0.15) is 12.5 Å². The Morgan fingerprint density at radius 2 is 1.61 bits per heavy atom. The average molecular weight is 326 g/mol. The second kappa shape index (κ2) is 5.65. The van der Waals surface area contributed by atoms with E-state index < -0.39 is 29.2 Å². The Morgan fingerprint density at radius 3 is 2.17 bits per heavy atom. The molecule has 1 spiro atoms. The third-order valence-corrected chi connectivity index (χ3v) is 4.90. The Morgan fingerprint density at radius 1 is 1.00 bits per heavy atom. The SMILES string of the molecule is O=C1CC(=O)C2(CCCCC2)C(c2ccc(C(F)(F)F)cc2)O1. The zero-order chi connectivity index (χ0) is 16.7. The molecule has 1 heterocycles. The third-order valence-electron chi connectivity index (χ3n) is 4.90. The van der Waals surface area contributed by atoms with Gasteiger partial charge in [-0.25, -0.2) is 0 Å². The second-order valence-electron chi connectivity index (χ2n) is 6.31. The van der Waals surface area contributed by atoms with Crippen LogP contribution in [0.1, 0.15) is 55.8 Å². The molecule has 2 aliphatic rings. The maximum Gasteiger partial charge on any atom is 0.416 e. The molecule has 3 rings (SSSR count). The molecular weight excluding hydrogens is 309 g/mol. The van der Waals surface area contributed by atoms with Crippen LogP contribution in [-0.4, -0.2) is 11.8 Å². The van der Waals surface area contributed by atoms with Crippen molar-refractivity contribution in [2.24, 2.45) is 5.41 Å². The van der Waals surface area contributed by atoms with E-state index in [1.807, 2.05) is 0 Å². The summed E-state index contributed by atoms with van der Waals surface area (Å²) >= 11 is 0. The number of hydrogen-bond donors (Lipinski definition) is 0. The van der Waals surface area contributed by atoms with Gasteiger partial charge in [-0.3, -0.25) is 9.59 Å². The number of ketones is 1. The van der Waals surface area contributed by atoms with E-state index >= 15 is 0 Å². The highest BCUT2D eigenvalue weighted by atomic mass is 19.4. The number of alkyl halides is 3. The van der Waals surface area contributed by atoms with E-state index in [-0.39, 0.29) is 12.2 Å². The summed E-state index contributed by atoms with van der Waals surface area (Å²) in [6.07, 6.45) is -1.46. The minimum Gasteiger partial charge on any atom is -0.456 e. The molecule has 1 aliphatic carbocycles. The molecule has 23 heavy (non-hydrogen) atoms. The van der Waals surface area contributed by atoms with E-state index in [9.17, 15) is 22.8 Å². The summed E-state index contributed by atoms with van der Waals surface area (Å²) in [5.41, 5.74) is -1.07. The van der Waals surface area contributed by atoms with Crippen molar-refractivity contribution < 1.29 is 27.5 Å². The zero-order valence-electron chi connectivity index (χ0n) is 12.5. The quantitative estimate of drug-likeness (QED) is 0.573. The van der Waals surface area contributed by atoms with Crippen LogP contribution in [0, 0.1) is 5.41 Å². The first-order chi connectivity index (χ1) is 10.8. The lowest BCUT2D eigenvalue weighted by atomic mass is 9.64. The van der Waals surface area contributed by atoms with Crippen molar-refractivity contribution in [3.05, 3.63) is 35.4 Å². The first-order valence-electron chi connectivity index (χ1n) is 7.73. The van der Waals surface area contributed by atoms with E-state index in [4.69, 9.17) is 4.74 Å². The van der Waals surface area contributed by atoms with Crippen LogP contribution >= 0.6 is 0 Å². The summed E-state index contributed by atoms with van der Waals surface area (Å²) in [5, 5.41) is 0. The fourth-order valence-corrected chi connectivity index (χ4v) is 3.70. The fourth-order valence-electron chi connectivity index (χ4n) is 3.70. The molecule has 2 fully saturated rings. The van der Waals surface area contributed by atoms with Crippen molar-refractivity contribution in [2.75, 3.05) is 0 Å². The summed E-state index contributed by atoms with van der Waals surface area (Å²) in [6.45, 7) is 0. The van der Waals surface area contributed by atoms with Crippen molar-refractivity contribution >= 4 is 11.8 Å². The van der Waals surface area contributed by atoms with Crippen LogP contribution in [-0.2, 0) is 20.5 Å². The molecule has 1 aromatic rings. The predicted molar refractivity (Wildman–Crippen MR) is 75.4 cm³/mol. The summed E-state index contributed by atoms with van der Waals surface area (Å²) in [7, 11) is 0. The Bertz CT molecular complexity index is 613. The summed E-state index contributed by atoms with van der Waals surface area (Å²) < 4.78 is 43.5.